The van der Waals surface area contributed by atoms with Crippen LogP contribution < -0.4 is 5.14 Å². The van der Waals surface area contributed by atoms with E-state index < -0.39 is 15.8 Å². The van der Waals surface area contributed by atoms with Gasteiger partial charge in [-0.2, -0.15) is 0 Å². The predicted molar refractivity (Wildman–Crippen MR) is 141 cm³/mol. The van der Waals surface area contributed by atoms with E-state index in [1.807, 2.05) is 31.1 Å². The Hall–Kier alpha value is -2.94. The molecule has 186 valence electrons. The first kappa shape index (κ1) is 26.7. The smallest absolute Gasteiger partial charge is 0.259 e. The molecular formula is C27H35N5O2S. The zero-order valence-electron chi connectivity index (χ0n) is 21.4. The molecule has 3 rings (SSSR count). The molecule has 1 atom stereocenters. The second-order valence-corrected chi connectivity index (χ2v) is 11.5. The molecule has 2 N–H and O–H groups in total. The van der Waals surface area contributed by atoms with E-state index in [0.29, 0.717) is 4.90 Å². The minimum absolute atomic E-state index is 0.0412. The summed E-state index contributed by atoms with van der Waals surface area (Å²) in [6.45, 7) is 9.13. The van der Waals surface area contributed by atoms with Gasteiger partial charge in [-0.3, -0.25) is 4.79 Å². The standard InChI is InChI=1S/C27H35N5O2S/c1-18(2)24-11-21(22-14-29-17-30-15-22)12-25(19(3)4)26(24)13-27(33)31-35(28,34)23-9-7-20(8-10-23)16-32(5)6/h7-12,14-15,17-19H,13,16H2,1-6H3,(H2,28,31,33,34). The van der Waals surface area contributed by atoms with Crippen molar-refractivity contribution in [1.82, 2.24) is 14.9 Å². The molecule has 35 heavy (non-hydrogen) atoms. The molecule has 0 aliphatic heterocycles. The van der Waals surface area contributed by atoms with Crippen molar-refractivity contribution in [2.75, 3.05) is 14.1 Å². The molecule has 1 heterocycles. The molecule has 0 radical (unpaired) electrons. The zero-order valence-corrected chi connectivity index (χ0v) is 22.2. The Balaban J connectivity index is 1.98. The van der Waals surface area contributed by atoms with Crippen LogP contribution in [0.5, 0.6) is 0 Å². The highest BCUT2D eigenvalue weighted by Crippen LogP contribution is 2.34. The summed E-state index contributed by atoms with van der Waals surface area (Å²) in [7, 11) is 0.607. The van der Waals surface area contributed by atoms with Crippen molar-refractivity contribution < 1.29 is 9.00 Å². The molecule has 1 aromatic heterocycles. The number of hydrogen-bond acceptors (Lipinski definition) is 5. The van der Waals surface area contributed by atoms with Crippen LogP contribution in [0.1, 0.15) is 61.8 Å². The van der Waals surface area contributed by atoms with Gasteiger partial charge in [-0.05, 0) is 65.9 Å². The molecule has 0 aliphatic carbocycles. The maximum absolute atomic E-state index is 13.2. The summed E-state index contributed by atoms with van der Waals surface area (Å²) < 4.78 is 17.1. The number of rotatable bonds is 8. The van der Waals surface area contributed by atoms with E-state index in [-0.39, 0.29) is 18.3 Å². The van der Waals surface area contributed by atoms with Gasteiger partial charge < -0.3 is 4.90 Å². The van der Waals surface area contributed by atoms with Crippen LogP contribution in [0.25, 0.3) is 11.1 Å². The lowest BCUT2D eigenvalue weighted by Crippen LogP contribution is -2.17. The first-order valence-corrected chi connectivity index (χ1v) is 13.3. The number of aromatic nitrogens is 2. The molecule has 8 heteroatoms. The molecule has 0 fully saturated rings. The number of carbonyl (C=O) groups excluding carboxylic acids is 1. The summed E-state index contributed by atoms with van der Waals surface area (Å²) in [4.78, 5) is 23.7. The van der Waals surface area contributed by atoms with E-state index in [9.17, 15) is 9.00 Å². The molecule has 0 aliphatic rings. The van der Waals surface area contributed by atoms with Crippen LogP contribution in [0.15, 0.2) is 64.4 Å². The molecule has 2 aromatic carbocycles. The number of hydrogen-bond donors (Lipinski definition) is 1. The Labute approximate surface area is 209 Å². The van der Waals surface area contributed by atoms with Gasteiger partial charge in [0, 0.05) is 24.5 Å². The first-order chi connectivity index (χ1) is 16.5. The quantitative estimate of drug-likeness (QED) is 0.480. The molecule has 7 nitrogen and oxygen atoms in total. The van der Waals surface area contributed by atoms with Crippen molar-refractivity contribution in [2.45, 2.75) is 57.4 Å². The maximum Gasteiger partial charge on any atom is 0.259 e. The fourth-order valence-corrected chi connectivity index (χ4v) is 5.11. The molecule has 1 unspecified atom stereocenters. The van der Waals surface area contributed by atoms with Crippen molar-refractivity contribution >= 4 is 15.8 Å². The molecule has 3 aromatic rings. The highest BCUT2D eigenvalue weighted by molar-refractivity contribution is 7.91. The number of amides is 1. The molecule has 0 spiro atoms. The molecule has 0 saturated heterocycles. The number of benzene rings is 2. The predicted octanol–water partition coefficient (Wildman–Crippen LogP) is 4.92. The Kier molecular flexibility index (Phi) is 8.53. The van der Waals surface area contributed by atoms with Crippen LogP contribution in [-0.2, 0) is 27.7 Å². The Bertz CT molecular complexity index is 1260. The summed E-state index contributed by atoms with van der Waals surface area (Å²) in [5, 5.41) is 6.06. The largest absolute Gasteiger partial charge is 0.305 e. The van der Waals surface area contributed by atoms with Crippen LogP contribution in [0, 0.1) is 0 Å². The average Bonchev–Trinajstić information content (AvgIpc) is 2.79. The van der Waals surface area contributed by atoms with E-state index in [2.05, 4.69) is 54.2 Å². The molecule has 1 amide bonds. The van der Waals surface area contributed by atoms with Crippen molar-refractivity contribution in [3.8, 4) is 11.1 Å². The van der Waals surface area contributed by atoms with Crippen molar-refractivity contribution in [2.24, 2.45) is 9.50 Å². The Morgan fingerprint density at radius 1 is 0.971 bits per heavy atom. The SMILES string of the molecule is CC(C)c1cc(-c2cncnc2)cc(C(C)C)c1CC(=O)N=S(N)(=O)c1ccc(CN(C)C)cc1. The van der Waals surface area contributed by atoms with Crippen molar-refractivity contribution in [3.05, 3.63) is 77.4 Å². The maximum atomic E-state index is 13.2. The fraction of sp³-hybridized carbons (Fsp3) is 0.370. The van der Waals surface area contributed by atoms with E-state index in [0.717, 1.165) is 39.9 Å². The van der Waals surface area contributed by atoms with Gasteiger partial charge in [0.1, 0.15) is 16.2 Å². The van der Waals surface area contributed by atoms with Crippen molar-refractivity contribution in [1.29, 1.82) is 0 Å². The van der Waals surface area contributed by atoms with Gasteiger partial charge in [0.05, 0.1) is 11.3 Å². The first-order valence-electron chi connectivity index (χ1n) is 11.7. The van der Waals surface area contributed by atoms with Crippen LogP contribution in [0.4, 0.5) is 0 Å². The Morgan fingerprint density at radius 2 is 1.51 bits per heavy atom. The van der Waals surface area contributed by atoms with Gasteiger partial charge in [-0.1, -0.05) is 52.0 Å². The summed E-state index contributed by atoms with van der Waals surface area (Å²) in [5.41, 5.74) is 6.01. The van der Waals surface area contributed by atoms with Gasteiger partial charge in [-0.25, -0.2) is 19.3 Å². The number of nitrogens with two attached hydrogens (primary N) is 1. The van der Waals surface area contributed by atoms with Crippen molar-refractivity contribution in [3.63, 3.8) is 0 Å². The monoisotopic (exact) mass is 493 g/mol. The second kappa shape index (κ2) is 11.2. The molecule has 0 saturated carbocycles. The van der Waals surface area contributed by atoms with Crippen LogP contribution in [-0.4, -0.2) is 39.1 Å². The lowest BCUT2D eigenvalue weighted by molar-refractivity contribution is -0.117. The van der Waals surface area contributed by atoms with Gasteiger partial charge in [0.2, 0.25) is 0 Å². The fourth-order valence-electron chi connectivity index (χ4n) is 4.11. The molecular weight excluding hydrogens is 458 g/mol. The average molecular weight is 494 g/mol. The zero-order chi connectivity index (χ0) is 25.8. The van der Waals surface area contributed by atoms with E-state index >= 15 is 0 Å². The lowest BCUT2D eigenvalue weighted by atomic mass is 9.84. The lowest BCUT2D eigenvalue weighted by Gasteiger charge is -2.21. The second-order valence-electron chi connectivity index (χ2n) is 9.68. The summed E-state index contributed by atoms with van der Waals surface area (Å²) in [5.74, 6) is -0.146. The minimum atomic E-state index is -3.35. The van der Waals surface area contributed by atoms with Gasteiger partial charge in [0.15, 0.2) is 0 Å². The summed E-state index contributed by atoms with van der Waals surface area (Å²) in [6.07, 6.45) is 5.11. The minimum Gasteiger partial charge on any atom is -0.305 e. The number of nitrogens with zero attached hydrogens (tertiary/aromatic N) is 4. The van der Waals surface area contributed by atoms with Crippen LogP contribution >= 0.6 is 0 Å². The summed E-state index contributed by atoms with van der Waals surface area (Å²) in [6, 6.07) is 11.3. The van der Waals surface area contributed by atoms with Gasteiger partial charge in [0.25, 0.3) is 5.91 Å². The Morgan fingerprint density at radius 3 is 2.00 bits per heavy atom. The van der Waals surface area contributed by atoms with Gasteiger partial charge in [-0.15, -0.1) is 4.36 Å². The van der Waals surface area contributed by atoms with E-state index in [1.165, 1.54) is 6.33 Å². The molecule has 0 bridgehead atoms. The topological polar surface area (TPSA) is 102 Å². The third-order valence-electron chi connectivity index (χ3n) is 5.78. The van der Waals surface area contributed by atoms with E-state index in [4.69, 9.17) is 5.14 Å². The third-order valence-corrected chi connectivity index (χ3v) is 7.20. The van der Waals surface area contributed by atoms with Gasteiger partial charge >= 0.3 is 0 Å². The van der Waals surface area contributed by atoms with E-state index in [1.54, 1.807) is 24.5 Å². The van der Waals surface area contributed by atoms with Crippen LogP contribution in [0.3, 0.4) is 0 Å². The summed E-state index contributed by atoms with van der Waals surface area (Å²) >= 11 is 0. The normalized spacial score (nSPS) is 13.3. The highest BCUT2D eigenvalue weighted by Gasteiger charge is 2.20. The highest BCUT2D eigenvalue weighted by atomic mass is 32.2. The third kappa shape index (κ3) is 6.81. The van der Waals surface area contributed by atoms with Crippen LogP contribution in [0.2, 0.25) is 0 Å². The number of carbonyl (C=O) groups is 1.